The van der Waals surface area contributed by atoms with Crippen molar-refractivity contribution in [3.8, 4) is 33.9 Å². The van der Waals surface area contributed by atoms with Gasteiger partial charge in [0.25, 0.3) is 5.19 Å². The first-order valence-electron chi connectivity index (χ1n) is 15.0. The van der Waals surface area contributed by atoms with Gasteiger partial charge in [0.1, 0.15) is 10.8 Å². The van der Waals surface area contributed by atoms with Crippen molar-refractivity contribution in [1.29, 1.82) is 0 Å². The first-order chi connectivity index (χ1) is 23.2. The van der Waals surface area contributed by atoms with E-state index in [-0.39, 0.29) is 16.5 Å². The van der Waals surface area contributed by atoms with Gasteiger partial charge in [0.2, 0.25) is 0 Å². The minimum absolute atomic E-state index is 0.0351. The lowest BCUT2D eigenvalue weighted by Crippen LogP contribution is -2.07. The number of nitrogens with zero attached hydrogens (tertiary/aromatic N) is 6. The minimum atomic E-state index is -4.52. The third kappa shape index (κ3) is 10.7. The SMILES string of the molecule is COc1cc(N=CN(C)C)c(C)cc1Oc1cc(Cl)cc(C(F)(F)F)c1.COc1cc(N=CN(C)C)c(C)cc1Oc1nnc(C2CC2)s1. The second-order valence-electron chi connectivity index (χ2n) is 11.6. The highest BCUT2D eigenvalue weighted by Crippen LogP contribution is 2.44. The van der Waals surface area contributed by atoms with Crippen LogP contribution in [0.4, 0.5) is 24.5 Å². The van der Waals surface area contributed by atoms with Gasteiger partial charge in [0.15, 0.2) is 23.0 Å². The first kappa shape index (κ1) is 37.3. The van der Waals surface area contributed by atoms with Crippen LogP contribution in [0.5, 0.6) is 33.9 Å². The Kier molecular flexibility index (Phi) is 12.3. The van der Waals surface area contributed by atoms with Crippen LogP contribution >= 0.6 is 22.9 Å². The molecule has 15 heteroatoms. The molecular weight excluding hydrogens is 681 g/mol. The highest BCUT2D eigenvalue weighted by atomic mass is 35.5. The molecule has 1 saturated carbocycles. The number of aliphatic imine (C=N–C) groups is 2. The van der Waals surface area contributed by atoms with Gasteiger partial charge < -0.3 is 28.7 Å². The standard InChI is InChI=1S/C18H18ClF3N2O2.C16H20N4O2S/c1-11-5-17(16(25-4)9-15(11)23-10-24(2)3)26-14-7-12(18(20,21)22)6-13(19)8-14;1-10-7-14(13(21-4)8-12(10)17-9-20(2)3)22-16-19-18-15(23-16)11-5-6-11/h5-10H,1-4H3;7-9,11H,5-6H2,1-4H3. The molecule has 49 heavy (non-hydrogen) atoms. The lowest BCUT2D eigenvalue weighted by Gasteiger charge is -2.15. The van der Waals surface area contributed by atoms with Crippen LogP contribution in [-0.2, 0) is 6.18 Å². The Hall–Kier alpha value is -4.56. The Morgan fingerprint density at radius 2 is 1.31 bits per heavy atom. The van der Waals surface area contributed by atoms with Crippen molar-refractivity contribution in [2.45, 2.75) is 38.8 Å². The molecule has 0 radical (unpaired) electrons. The molecule has 0 bridgehead atoms. The molecule has 262 valence electrons. The maximum absolute atomic E-state index is 12.9. The first-order valence-corrected chi connectivity index (χ1v) is 16.2. The maximum atomic E-state index is 12.9. The summed E-state index contributed by atoms with van der Waals surface area (Å²) in [6, 6.07) is 10.1. The molecule has 0 aliphatic heterocycles. The fraction of sp³-hybridized carbons (Fsp3) is 0.353. The average Bonchev–Trinajstić information content (AvgIpc) is 3.78. The second kappa shape index (κ2) is 16.2. The summed E-state index contributed by atoms with van der Waals surface area (Å²) in [7, 11) is 10.6. The van der Waals surface area contributed by atoms with Gasteiger partial charge in [0.05, 0.1) is 43.8 Å². The number of benzene rings is 3. The van der Waals surface area contributed by atoms with Crippen LogP contribution in [0.25, 0.3) is 0 Å². The third-order valence-electron chi connectivity index (χ3n) is 6.79. The van der Waals surface area contributed by atoms with Crippen LogP contribution < -0.4 is 18.9 Å². The Labute approximate surface area is 292 Å². The number of halogens is 4. The van der Waals surface area contributed by atoms with E-state index in [1.807, 2.05) is 59.1 Å². The zero-order chi connectivity index (χ0) is 35.9. The summed E-state index contributed by atoms with van der Waals surface area (Å²) < 4.78 is 61.0. The highest BCUT2D eigenvalue weighted by Gasteiger charge is 2.31. The molecule has 1 fully saturated rings. The van der Waals surface area contributed by atoms with Crippen LogP contribution in [-0.4, -0.2) is 75.1 Å². The summed E-state index contributed by atoms with van der Waals surface area (Å²) in [5.74, 6) is 2.42. The molecule has 1 aromatic heterocycles. The van der Waals surface area contributed by atoms with Crippen molar-refractivity contribution in [3.63, 3.8) is 0 Å². The van der Waals surface area contributed by atoms with Crippen molar-refractivity contribution < 1.29 is 32.1 Å². The summed E-state index contributed by atoms with van der Waals surface area (Å²) in [4.78, 5) is 12.4. The number of rotatable bonds is 11. The van der Waals surface area contributed by atoms with Gasteiger partial charge in [-0.05, 0) is 68.1 Å². The molecule has 1 heterocycles. The fourth-order valence-corrected chi connectivity index (χ4v) is 5.28. The Morgan fingerprint density at radius 1 is 0.776 bits per heavy atom. The number of aromatic nitrogens is 2. The van der Waals surface area contributed by atoms with E-state index in [0.29, 0.717) is 34.0 Å². The fourth-order valence-electron chi connectivity index (χ4n) is 4.18. The van der Waals surface area contributed by atoms with Crippen LogP contribution in [0.3, 0.4) is 0 Å². The molecule has 1 aliphatic rings. The van der Waals surface area contributed by atoms with Gasteiger partial charge in [-0.3, -0.25) is 0 Å². The topological polar surface area (TPSA) is 93.9 Å². The van der Waals surface area contributed by atoms with Crippen molar-refractivity contribution in [2.75, 3.05) is 42.4 Å². The minimum Gasteiger partial charge on any atom is -0.493 e. The van der Waals surface area contributed by atoms with E-state index < -0.39 is 11.7 Å². The number of aryl methyl sites for hydroxylation is 2. The molecule has 0 saturated heterocycles. The molecule has 5 rings (SSSR count). The van der Waals surface area contributed by atoms with Gasteiger partial charge in [-0.2, -0.15) is 13.2 Å². The van der Waals surface area contributed by atoms with Gasteiger partial charge in [-0.1, -0.05) is 28.0 Å². The van der Waals surface area contributed by atoms with E-state index >= 15 is 0 Å². The van der Waals surface area contributed by atoms with E-state index in [2.05, 4.69) is 20.2 Å². The highest BCUT2D eigenvalue weighted by molar-refractivity contribution is 7.13. The van der Waals surface area contributed by atoms with Crippen molar-refractivity contribution in [3.05, 3.63) is 69.2 Å². The third-order valence-corrected chi connectivity index (χ3v) is 7.97. The van der Waals surface area contributed by atoms with Crippen molar-refractivity contribution in [2.24, 2.45) is 9.98 Å². The lowest BCUT2D eigenvalue weighted by atomic mass is 10.1. The largest absolute Gasteiger partial charge is 0.493 e. The molecule has 3 aromatic carbocycles. The summed E-state index contributed by atoms with van der Waals surface area (Å²) in [6.45, 7) is 3.80. The molecule has 1 aliphatic carbocycles. The predicted molar refractivity (Wildman–Crippen MR) is 188 cm³/mol. The lowest BCUT2D eigenvalue weighted by molar-refractivity contribution is -0.137. The molecule has 10 nitrogen and oxygen atoms in total. The van der Waals surface area contributed by atoms with Gasteiger partial charge in [-0.25, -0.2) is 9.98 Å². The monoisotopic (exact) mass is 718 g/mol. The molecule has 0 atom stereocenters. The van der Waals surface area contributed by atoms with E-state index in [1.54, 1.807) is 36.8 Å². The molecule has 0 unspecified atom stereocenters. The number of ether oxygens (including phenoxy) is 4. The average molecular weight is 719 g/mol. The molecule has 0 N–H and O–H groups in total. The zero-order valence-corrected chi connectivity index (χ0v) is 30.0. The van der Waals surface area contributed by atoms with Gasteiger partial charge in [0, 0.05) is 51.3 Å². The van der Waals surface area contributed by atoms with Crippen LogP contribution in [0.2, 0.25) is 5.02 Å². The Balaban J connectivity index is 0.000000222. The van der Waals surface area contributed by atoms with Gasteiger partial charge in [-0.15, -0.1) is 5.10 Å². The van der Waals surface area contributed by atoms with Crippen LogP contribution in [0.15, 0.2) is 52.4 Å². The predicted octanol–water partition coefficient (Wildman–Crippen LogP) is 9.44. The normalized spacial score (nSPS) is 12.9. The van der Waals surface area contributed by atoms with E-state index in [9.17, 15) is 13.2 Å². The van der Waals surface area contributed by atoms with Gasteiger partial charge >= 0.3 is 6.18 Å². The van der Waals surface area contributed by atoms with E-state index in [1.165, 1.54) is 37.4 Å². The van der Waals surface area contributed by atoms with Crippen LogP contribution in [0, 0.1) is 13.8 Å². The van der Waals surface area contributed by atoms with Crippen molar-refractivity contribution in [1.82, 2.24) is 20.0 Å². The quantitative estimate of drug-likeness (QED) is 0.112. The summed E-state index contributed by atoms with van der Waals surface area (Å²) in [6.07, 6.45) is 1.28. The Morgan fingerprint density at radius 3 is 1.78 bits per heavy atom. The smallest absolute Gasteiger partial charge is 0.416 e. The number of methoxy groups -OCH3 is 2. The molecule has 0 spiro atoms. The summed E-state index contributed by atoms with van der Waals surface area (Å²) >= 11 is 7.29. The zero-order valence-electron chi connectivity index (χ0n) is 28.4. The molecule has 0 amide bonds. The number of hydrogen-bond donors (Lipinski definition) is 0. The summed E-state index contributed by atoms with van der Waals surface area (Å²) in [5.41, 5.74) is 2.40. The van der Waals surface area contributed by atoms with E-state index in [0.717, 1.165) is 34.0 Å². The Bertz CT molecular complexity index is 1810. The maximum Gasteiger partial charge on any atom is 0.416 e. The number of alkyl halides is 3. The molecule has 4 aromatic rings. The van der Waals surface area contributed by atoms with Crippen LogP contribution in [0.1, 0.15) is 40.5 Å². The summed E-state index contributed by atoms with van der Waals surface area (Å²) in [5, 5.41) is 9.84. The van der Waals surface area contributed by atoms with Crippen molar-refractivity contribution >= 4 is 47.0 Å². The second-order valence-corrected chi connectivity index (χ2v) is 13.0. The van der Waals surface area contributed by atoms with E-state index in [4.69, 9.17) is 30.5 Å². The molecular formula is C34H38ClF3N6O4S. The number of hydrogen-bond acceptors (Lipinski definition) is 9.